The summed E-state index contributed by atoms with van der Waals surface area (Å²) in [4.78, 5) is 2.42. The summed E-state index contributed by atoms with van der Waals surface area (Å²) in [5.74, 6) is 0. The largest absolute Gasteiger partial charge is 0.456 e. The Kier molecular flexibility index (Phi) is 6.53. The molecular formula is C48H31NO. The van der Waals surface area contributed by atoms with Crippen LogP contribution in [0.5, 0.6) is 0 Å². The van der Waals surface area contributed by atoms with Gasteiger partial charge in [0.2, 0.25) is 0 Å². The molecule has 1 aromatic heterocycles. The van der Waals surface area contributed by atoms with E-state index in [2.05, 4.69) is 187 Å². The quantitative estimate of drug-likeness (QED) is 0.175. The zero-order valence-corrected chi connectivity index (χ0v) is 27.3. The summed E-state index contributed by atoms with van der Waals surface area (Å²) in [5, 5.41) is 9.64. The van der Waals surface area contributed by atoms with E-state index in [0.717, 1.165) is 33.6 Å². The second kappa shape index (κ2) is 11.5. The Labute approximate surface area is 290 Å². The molecule has 2 heteroatoms. The van der Waals surface area contributed by atoms with Crippen molar-refractivity contribution in [2.45, 2.75) is 0 Å². The molecule has 0 aliphatic heterocycles. The van der Waals surface area contributed by atoms with Gasteiger partial charge in [-0.15, -0.1) is 0 Å². The van der Waals surface area contributed by atoms with Gasteiger partial charge in [-0.2, -0.15) is 0 Å². The third kappa shape index (κ3) is 4.50. The Morgan fingerprint density at radius 3 is 1.58 bits per heavy atom. The fourth-order valence-corrected chi connectivity index (χ4v) is 7.79. The van der Waals surface area contributed by atoms with Crippen LogP contribution in [0, 0.1) is 0 Å². The van der Waals surface area contributed by atoms with Crippen molar-refractivity contribution < 1.29 is 4.42 Å². The van der Waals surface area contributed by atoms with Crippen LogP contribution in [-0.4, -0.2) is 0 Å². The van der Waals surface area contributed by atoms with Crippen molar-refractivity contribution in [3.05, 3.63) is 188 Å². The summed E-state index contributed by atoms with van der Waals surface area (Å²) in [6.45, 7) is 0. The van der Waals surface area contributed by atoms with Crippen molar-refractivity contribution in [2.75, 3.05) is 4.90 Å². The molecule has 0 unspecified atom stereocenters. The van der Waals surface area contributed by atoms with Gasteiger partial charge in [0.25, 0.3) is 0 Å². The maximum atomic E-state index is 6.38. The molecule has 0 saturated heterocycles. The average Bonchev–Trinajstić information content (AvgIpc) is 3.58. The lowest BCUT2D eigenvalue weighted by molar-refractivity contribution is 0.669. The van der Waals surface area contributed by atoms with Crippen LogP contribution in [0.3, 0.4) is 0 Å². The van der Waals surface area contributed by atoms with Crippen molar-refractivity contribution >= 4 is 71.3 Å². The molecule has 0 atom stereocenters. The van der Waals surface area contributed by atoms with Gasteiger partial charge in [-0.25, -0.2) is 0 Å². The molecule has 0 radical (unpaired) electrons. The molecule has 10 rings (SSSR count). The smallest absolute Gasteiger partial charge is 0.136 e. The van der Waals surface area contributed by atoms with Gasteiger partial charge >= 0.3 is 0 Å². The zero-order valence-electron chi connectivity index (χ0n) is 27.3. The standard InChI is InChI=1S/C48H31NO/c1-3-13-32(14-4-1)34-25-27-36(28-26-34)49(37-18-11-17-35(31-37)33-15-5-2-6-16-33)43-23-12-22-39-41-29-30-45-48(42-21-9-10-24-44(42)50-45)47(41)40-20-8-7-19-38(40)46(39)43/h1-31H. The molecule has 234 valence electrons. The van der Waals surface area contributed by atoms with E-state index in [1.165, 1.54) is 60.0 Å². The van der Waals surface area contributed by atoms with E-state index >= 15 is 0 Å². The lowest BCUT2D eigenvalue weighted by atomic mass is 9.90. The summed E-state index contributed by atoms with van der Waals surface area (Å²) < 4.78 is 6.38. The number of benzene rings is 9. The van der Waals surface area contributed by atoms with Gasteiger partial charge in [0.05, 0.1) is 5.69 Å². The highest BCUT2D eigenvalue weighted by atomic mass is 16.3. The van der Waals surface area contributed by atoms with Gasteiger partial charge < -0.3 is 9.32 Å². The first-order valence-electron chi connectivity index (χ1n) is 17.1. The average molecular weight is 638 g/mol. The summed E-state index contributed by atoms with van der Waals surface area (Å²) >= 11 is 0. The SMILES string of the molecule is c1ccc(-c2ccc(N(c3cccc(-c4ccccc4)c3)c3cccc4c5ccc6oc7ccccc7c6c5c5ccccc5c34)cc2)cc1. The third-order valence-electron chi connectivity index (χ3n) is 10.0. The lowest BCUT2D eigenvalue weighted by Gasteiger charge is -2.28. The molecule has 0 aliphatic carbocycles. The third-order valence-corrected chi connectivity index (χ3v) is 10.0. The molecule has 0 amide bonds. The lowest BCUT2D eigenvalue weighted by Crippen LogP contribution is -2.11. The summed E-state index contributed by atoms with van der Waals surface area (Å²) in [5.41, 5.74) is 9.94. The first kappa shape index (κ1) is 28.4. The van der Waals surface area contributed by atoms with Gasteiger partial charge in [0.15, 0.2) is 0 Å². The van der Waals surface area contributed by atoms with Gasteiger partial charge in [0, 0.05) is 32.9 Å². The minimum absolute atomic E-state index is 0.913. The highest BCUT2D eigenvalue weighted by Gasteiger charge is 2.21. The van der Waals surface area contributed by atoms with E-state index in [9.17, 15) is 0 Å². The highest BCUT2D eigenvalue weighted by Crippen LogP contribution is 2.47. The van der Waals surface area contributed by atoms with Crippen LogP contribution in [0.4, 0.5) is 17.1 Å². The second-order valence-electron chi connectivity index (χ2n) is 12.9. The van der Waals surface area contributed by atoms with Crippen molar-refractivity contribution in [2.24, 2.45) is 0 Å². The Morgan fingerprint density at radius 1 is 0.300 bits per heavy atom. The first-order valence-corrected chi connectivity index (χ1v) is 17.1. The topological polar surface area (TPSA) is 16.4 Å². The Hall–Kier alpha value is -6.64. The van der Waals surface area contributed by atoms with Crippen LogP contribution in [0.15, 0.2) is 192 Å². The fraction of sp³-hybridized carbons (Fsp3) is 0. The minimum Gasteiger partial charge on any atom is -0.456 e. The number of anilines is 3. The molecule has 0 saturated carbocycles. The molecule has 0 aliphatic rings. The van der Waals surface area contributed by atoms with Crippen molar-refractivity contribution in [3.63, 3.8) is 0 Å². The molecule has 0 fully saturated rings. The van der Waals surface area contributed by atoms with E-state index in [1.54, 1.807) is 0 Å². The molecule has 0 spiro atoms. The molecule has 1 heterocycles. The number of para-hydroxylation sites is 1. The Bertz CT molecular complexity index is 2820. The van der Waals surface area contributed by atoms with Crippen molar-refractivity contribution in [1.29, 1.82) is 0 Å². The van der Waals surface area contributed by atoms with E-state index in [-0.39, 0.29) is 0 Å². The predicted octanol–water partition coefficient (Wildman–Crippen LogP) is 13.8. The van der Waals surface area contributed by atoms with Crippen LogP contribution in [0.25, 0.3) is 76.5 Å². The number of rotatable bonds is 5. The molecular weight excluding hydrogens is 607 g/mol. The van der Waals surface area contributed by atoms with Crippen LogP contribution < -0.4 is 4.90 Å². The maximum Gasteiger partial charge on any atom is 0.136 e. The molecule has 10 aromatic rings. The van der Waals surface area contributed by atoms with Crippen LogP contribution in [0.2, 0.25) is 0 Å². The van der Waals surface area contributed by atoms with E-state index in [0.29, 0.717) is 0 Å². The number of hydrogen-bond acceptors (Lipinski definition) is 2. The highest BCUT2D eigenvalue weighted by molar-refractivity contribution is 6.36. The van der Waals surface area contributed by atoms with Gasteiger partial charge in [-0.1, -0.05) is 140 Å². The monoisotopic (exact) mass is 637 g/mol. The van der Waals surface area contributed by atoms with Gasteiger partial charge in [0.1, 0.15) is 11.2 Å². The molecule has 50 heavy (non-hydrogen) atoms. The fourth-order valence-electron chi connectivity index (χ4n) is 7.79. The number of hydrogen-bond donors (Lipinski definition) is 0. The summed E-state index contributed by atoms with van der Waals surface area (Å²) in [6.07, 6.45) is 0. The molecule has 9 aromatic carbocycles. The molecule has 0 bridgehead atoms. The first-order chi connectivity index (χ1) is 24.8. The number of fused-ring (bicyclic) bond motifs is 10. The van der Waals surface area contributed by atoms with Gasteiger partial charge in [-0.3, -0.25) is 0 Å². The van der Waals surface area contributed by atoms with E-state index in [4.69, 9.17) is 4.42 Å². The van der Waals surface area contributed by atoms with Crippen LogP contribution >= 0.6 is 0 Å². The van der Waals surface area contributed by atoms with E-state index < -0.39 is 0 Å². The van der Waals surface area contributed by atoms with Gasteiger partial charge in [-0.05, 0) is 92.3 Å². The van der Waals surface area contributed by atoms with E-state index in [1.807, 2.05) is 6.07 Å². The van der Waals surface area contributed by atoms with Crippen LogP contribution in [-0.2, 0) is 0 Å². The zero-order chi connectivity index (χ0) is 33.0. The Balaban J connectivity index is 1.28. The van der Waals surface area contributed by atoms with Crippen LogP contribution in [0.1, 0.15) is 0 Å². The van der Waals surface area contributed by atoms with Crippen molar-refractivity contribution in [1.82, 2.24) is 0 Å². The summed E-state index contributed by atoms with van der Waals surface area (Å²) in [7, 11) is 0. The molecule has 0 N–H and O–H groups in total. The number of nitrogens with zero attached hydrogens (tertiary/aromatic N) is 1. The second-order valence-corrected chi connectivity index (χ2v) is 12.9. The normalized spacial score (nSPS) is 11.6. The number of furan rings is 1. The summed E-state index contributed by atoms with van der Waals surface area (Å²) in [6, 6.07) is 67.4. The molecule has 2 nitrogen and oxygen atoms in total. The predicted molar refractivity (Wildman–Crippen MR) is 212 cm³/mol. The maximum absolute atomic E-state index is 6.38. The Morgan fingerprint density at radius 2 is 0.840 bits per heavy atom. The van der Waals surface area contributed by atoms with Crippen molar-refractivity contribution in [3.8, 4) is 22.3 Å². The minimum atomic E-state index is 0.913.